The lowest BCUT2D eigenvalue weighted by atomic mass is 10.2. The van der Waals surface area contributed by atoms with E-state index in [1.54, 1.807) is 0 Å². The molecule has 0 radical (unpaired) electrons. The minimum absolute atomic E-state index is 0.118. The molecule has 0 amide bonds. The van der Waals surface area contributed by atoms with E-state index in [4.69, 9.17) is 22.8 Å². The van der Waals surface area contributed by atoms with Crippen LogP contribution in [0.15, 0.2) is 0 Å². The Morgan fingerprint density at radius 2 is 1.58 bits per heavy atom. The average Bonchev–Trinajstić information content (AvgIpc) is 2.92. The molecule has 0 saturated carbocycles. The molecule has 144 valence electrons. The van der Waals surface area contributed by atoms with Crippen molar-refractivity contribution in [3.63, 3.8) is 0 Å². The number of hydrogen-bond acceptors (Lipinski definition) is 7. The van der Waals surface area contributed by atoms with Crippen LogP contribution in [0, 0.1) is 0 Å². The van der Waals surface area contributed by atoms with E-state index in [9.17, 15) is 18.9 Å². The van der Waals surface area contributed by atoms with Crippen LogP contribution in [-0.4, -0.2) is 48.4 Å². The predicted molar refractivity (Wildman–Crippen MR) is 86.6 cm³/mol. The zero-order valence-corrected chi connectivity index (χ0v) is 16.0. The molecule has 0 aromatic rings. The second-order valence-electron chi connectivity index (χ2n) is 5.45. The van der Waals surface area contributed by atoms with Crippen molar-refractivity contribution >= 4 is 15.6 Å². The largest absolute Gasteiger partial charge is 0.472 e. The first kappa shape index (κ1) is 22.2. The van der Waals surface area contributed by atoms with E-state index >= 15 is 0 Å². The average molecular weight is 390 g/mol. The van der Waals surface area contributed by atoms with Crippen molar-refractivity contribution in [1.82, 2.24) is 0 Å². The lowest BCUT2D eigenvalue weighted by Gasteiger charge is -2.22. The first-order chi connectivity index (χ1) is 11.3. The summed E-state index contributed by atoms with van der Waals surface area (Å²) in [5.74, 6) is 0. The number of phosphoric acid groups is 2. The van der Waals surface area contributed by atoms with Gasteiger partial charge in [0.1, 0.15) is 12.2 Å². The Balaban J connectivity index is 2.42. The molecular weight excluding hydrogens is 362 g/mol. The third kappa shape index (κ3) is 9.04. The zero-order valence-electron chi connectivity index (χ0n) is 14.2. The fourth-order valence-electron chi connectivity index (χ4n) is 1.96. The summed E-state index contributed by atoms with van der Waals surface area (Å²) in [4.78, 5) is 19.2. The summed E-state index contributed by atoms with van der Waals surface area (Å²) in [6.07, 6.45) is 1.81. The molecule has 0 aromatic carbocycles. The van der Waals surface area contributed by atoms with E-state index in [-0.39, 0.29) is 19.8 Å². The van der Waals surface area contributed by atoms with Gasteiger partial charge in [-0.05, 0) is 12.8 Å². The minimum Gasteiger partial charge on any atom is -0.373 e. The highest BCUT2D eigenvalue weighted by Gasteiger charge is 2.37. The van der Waals surface area contributed by atoms with Crippen LogP contribution in [0.3, 0.4) is 0 Å². The van der Waals surface area contributed by atoms with Crippen LogP contribution in [0.25, 0.3) is 0 Å². The second-order valence-corrected chi connectivity index (χ2v) is 8.31. The quantitative estimate of drug-likeness (QED) is 0.361. The molecule has 0 aliphatic carbocycles. The molecule has 1 saturated heterocycles. The predicted octanol–water partition coefficient (Wildman–Crippen LogP) is 3.01. The topological polar surface area (TPSA) is 121 Å². The maximum atomic E-state index is 11.9. The van der Waals surface area contributed by atoms with E-state index < -0.39 is 27.9 Å². The van der Waals surface area contributed by atoms with Crippen molar-refractivity contribution in [3.05, 3.63) is 0 Å². The highest BCUT2D eigenvalue weighted by molar-refractivity contribution is 7.47. The Kier molecular flexibility index (Phi) is 10.2. The van der Waals surface area contributed by atoms with Gasteiger partial charge in [-0.15, -0.1) is 0 Å². The lowest BCUT2D eigenvalue weighted by Crippen LogP contribution is -2.28. The van der Waals surface area contributed by atoms with Gasteiger partial charge in [0.25, 0.3) is 0 Å². The van der Waals surface area contributed by atoms with Gasteiger partial charge >= 0.3 is 15.6 Å². The van der Waals surface area contributed by atoms with Crippen molar-refractivity contribution < 1.29 is 41.7 Å². The number of hydrogen-bond donors (Lipinski definition) is 2. The number of rotatable bonds is 13. The lowest BCUT2D eigenvalue weighted by molar-refractivity contribution is -0.00332. The Morgan fingerprint density at radius 3 is 2.17 bits per heavy atom. The van der Waals surface area contributed by atoms with Crippen molar-refractivity contribution in [2.75, 3.05) is 26.4 Å². The SMILES string of the molecule is CCCCOP(=O)(O)OC[C@H]1OCC[C@@H]1OP(=O)(O)OCCCC. The van der Waals surface area contributed by atoms with Gasteiger partial charge in [0.2, 0.25) is 0 Å². The summed E-state index contributed by atoms with van der Waals surface area (Å²) in [6.45, 7) is 4.11. The molecule has 2 N–H and O–H groups in total. The first-order valence-electron chi connectivity index (χ1n) is 8.19. The van der Waals surface area contributed by atoms with Gasteiger partial charge in [0.15, 0.2) is 0 Å². The summed E-state index contributed by atoms with van der Waals surface area (Å²) in [7, 11) is -8.37. The fraction of sp³-hybridized carbons (Fsp3) is 1.00. The van der Waals surface area contributed by atoms with Crippen LogP contribution < -0.4 is 0 Å². The standard InChI is InChI=1S/C13H28O9P2/c1-3-5-8-19-23(14,15)21-11-13-12(7-10-18-13)22-24(16,17)20-9-6-4-2/h12-13H,3-11H2,1-2H3,(H,14,15)(H,16,17)/t12-,13+/m0/s1. The molecule has 1 fully saturated rings. The summed E-state index contributed by atoms with van der Waals surface area (Å²) in [6, 6.07) is 0. The molecule has 0 aromatic heterocycles. The smallest absolute Gasteiger partial charge is 0.373 e. The van der Waals surface area contributed by atoms with Crippen LogP contribution in [-0.2, 0) is 32.0 Å². The molecule has 1 rings (SSSR count). The molecule has 1 aliphatic heterocycles. The molecule has 11 heteroatoms. The van der Waals surface area contributed by atoms with Crippen molar-refractivity contribution in [2.45, 2.75) is 58.2 Å². The third-order valence-corrected chi connectivity index (χ3v) is 5.35. The molecule has 0 spiro atoms. The van der Waals surface area contributed by atoms with Gasteiger partial charge in [-0.1, -0.05) is 26.7 Å². The number of ether oxygens (including phenoxy) is 1. The van der Waals surface area contributed by atoms with E-state index in [0.717, 1.165) is 12.8 Å². The molecule has 24 heavy (non-hydrogen) atoms. The summed E-state index contributed by atoms with van der Waals surface area (Å²) in [5.41, 5.74) is 0. The van der Waals surface area contributed by atoms with E-state index in [1.165, 1.54) is 0 Å². The molecule has 4 atom stereocenters. The summed E-state index contributed by atoms with van der Waals surface area (Å²) in [5, 5.41) is 0. The van der Waals surface area contributed by atoms with Crippen LogP contribution in [0.1, 0.15) is 46.0 Å². The second kappa shape index (κ2) is 11.0. The summed E-state index contributed by atoms with van der Waals surface area (Å²) >= 11 is 0. The minimum atomic E-state index is -4.19. The number of unbranched alkanes of at least 4 members (excludes halogenated alkanes) is 2. The van der Waals surface area contributed by atoms with Crippen molar-refractivity contribution in [3.8, 4) is 0 Å². The number of phosphoric ester groups is 2. The normalized spacial score (nSPS) is 26.2. The van der Waals surface area contributed by atoms with Gasteiger partial charge in [-0.3, -0.25) is 18.1 Å². The maximum Gasteiger partial charge on any atom is 0.472 e. The third-order valence-electron chi connectivity index (χ3n) is 3.32. The molecule has 1 heterocycles. The van der Waals surface area contributed by atoms with Crippen LogP contribution in [0.2, 0.25) is 0 Å². The van der Waals surface area contributed by atoms with Gasteiger partial charge < -0.3 is 14.5 Å². The highest BCUT2D eigenvalue weighted by Crippen LogP contribution is 2.48. The highest BCUT2D eigenvalue weighted by atomic mass is 31.2. The van der Waals surface area contributed by atoms with Crippen molar-refractivity contribution in [2.24, 2.45) is 0 Å². The Morgan fingerprint density at radius 1 is 1.00 bits per heavy atom. The molecule has 2 unspecified atom stereocenters. The van der Waals surface area contributed by atoms with E-state index in [1.807, 2.05) is 13.8 Å². The van der Waals surface area contributed by atoms with Gasteiger partial charge in [0.05, 0.1) is 19.8 Å². The van der Waals surface area contributed by atoms with Gasteiger partial charge in [-0.2, -0.15) is 0 Å². The van der Waals surface area contributed by atoms with Crippen LogP contribution in [0.5, 0.6) is 0 Å². The van der Waals surface area contributed by atoms with Gasteiger partial charge in [-0.25, -0.2) is 9.13 Å². The van der Waals surface area contributed by atoms with Gasteiger partial charge in [0, 0.05) is 13.0 Å². The Hall–Kier alpha value is 0.180. The molecular formula is C13H28O9P2. The molecule has 1 aliphatic rings. The van der Waals surface area contributed by atoms with Crippen LogP contribution >= 0.6 is 15.6 Å². The van der Waals surface area contributed by atoms with E-state index in [0.29, 0.717) is 25.9 Å². The summed E-state index contributed by atoms with van der Waals surface area (Å²) < 4.78 is 48.5. The zero-order chi connectivity index (χ0) is 18.1. The Labute approximate surface area is 142 Å². The maximum absolute atomic E-state index is 11.9. The monoisotopic (exact) mass is 390 g/mol. The fourth-order valence-corrected chi connectivity index (χ4v) is 3.73. The van der Waals surface area contributed by atoms with E-state index in [2.05, 4.69) is 0 Å². The molecule has 0 bridgehead atoms. The van der Waals surface area contributed by atoms with Crippen LogP contribution in [0.4, 0.5) is 0 Å². The van der Waals surface area contributed by atoms with Crippen molar-refractivity contribution in [1.29, 1.82) is 0 Å². The Bertz CT molecular complexity index is 445. The molecule has 9 nitrogen and oxygen atoms in total. The first-order valence-corrected chi connectivity index (χ1v) is 11.2.